The molecule has 35 heavy (non-hydrogen) atoms. The number of nitrogens with zero attached hydrogens (tertiary/aromatic N) is 2. The summed E-state index contributed by atoms with van der Waals surface area (Å²) in [5.74, 6) is 1.44. The van der Waals surface area contributed by atoms with Crippen LogP contribution < -0.4 is 14.4 Å². The number of carboxylic acid groups (broad SMARTS) is 1. The highest BCUT2D eigenvalue weighted by Crippen LogP contribution is 2.52. The van der Waals surface area contributed by atoms with Gasteiger partial charge in [0.25, 0.3) is 0 Å². The Bertz CT molecular complexity index is 1310. The lowest BCUT2D eigenvalue weighted by Gasteiger charge is -2.27. The molecule has 1 radical (unpaired) electrons. The maximum Gasteiger partial charge on any atom is 0.346 e. The highest BCUT2D eigenvalue weighted by atomic mass is 16.5. The van der Waals surface area contributed by atoms with Gasteiger partial charge in [-0.15, -0.1) is 0 Å². The van der Waals surface area contributed by atoms with Crippen molar-refractivity contribution in [1.29, 1.82) is 5.26 Å². The molecule has 175 valence electrons. The molecule has 2 atom stereocenters. The van der Waals surface area contributed by atoms with Gasteiger partial charge in [0.15, 0.2) is 0 Å². The first-order chi connectivity index (χ1) is 17.1. The molecule has 1 saturated carbocycles. The molecule has 0 bridgehead atoms. The first kappa shape index (κ1) is 22.5. The summed E-state index contributed by atoms with van der Waals surface area (Å²) >= 11 is 0. The molecule has 1 fully saturated rings. The summed E-state index contributed by atoms with van der Waals surface area (Å²) < 4.78 is 11.4. The van der Waals surface area contributed by atoms with Crippen molar-refractivity contribution >= 4 is 23.4 Å². The number of ether oxygens (including phenoxy) is 2. The third kappa shape index (κ3) is 4.45. The fourth-order valence-corrected chi connectivity index (χ4v) is 5.14. The van der Waals surface area contributed by atoms with Crippen molar-refractivity contribution in [2.45, 2.75) is 38.1 Å². The van der Waals surface area contributed by atoms with E-state index in [1.165, 1.54) is 11.6 Å². The van der Waals surface area contributed by atoms with E-state index in [4.69, 9.17) is 14.7 Å². The SMILES string of the molecule is C[CH]Oc1ccc(Oc2ccc(N3c4ccc(/C=C(\C#N)C(=O)O)cc4C4CCCC43)cc2)cc1. The fraction of sp³-hybridized carbons (Fsp3) is 0.207. The van der Waals surface area contributed by atoms with Crippen LogP contribution in [0.3, 0.4) is 0 Å². The molecule has 0 aromatic heterocycles. The molecule has 1 aliphatic carbocycles. The molecule has 1 heterocycles. The minimum atomic E-state index is -1.21. The zero-order chi connectivity index (χ0) is 24.4. The zero-order valence-corrected chi connectivity index (χ0v) is 19.3. The Morgan fingerprint density at radius 3 is 2.37 bits per heavy atom. The van der Waals surface area contributed by atoms with E-state index >= 15 is 0 Å². The second-order valence-electron chi connectivity index (χ2n) is 8.69. The standard InChI is InChI=1S/C29H25N2O4/c1-2-34-22-11-13-24(14-12-22)35-23-9-7-21(8-10-23)31-27-5-3-4-25(27)26-17-19(6-15-28(26)31)16-20(18-30)29(32)33/h2,6-17,25,27H,3-5H2,1H3,(H,32,33)/b20-16+. The van der Waals surface area contributed by atoms with Gasteiger partial charge in [-0.1, -0.05) is 12.5 Å². The van der Waals surface area contributed by atoms with Crippen LogP contribution in [0.2, 0.25) is 0 Å². The van der Waals surface area contributed by atoms with Crippen LogP contribution in [-0.2, 0) is 4.79 Å². The van der Waals surface area contributed by atoms with E-state index in [0.717, 1.165) is 53.4 Å². The number of anilines is 2. The molecule has 0 amide bonds. The van der Waals surface area contributed by atoms with Gasteiger partial charge < -0.3 is 19.5 Å². The summed E-state index contributed by atoms with van der Waals surface area (Å²) in [6, 6.07) is 23.7. The normalized spacial score (nSPS) is 18.5. The van der Waals surface area contributed by atoms with Crippen molar-refractivity contribution in [3.63, 3.8) is 0 Å². The van der Waals surface area contributed by atoms with Crippen molar-refractivity contribution in [3.8, 4) is 23.3 Å². The van der Waals surface area contributed by atoms with E-state index in [9.17, 15) is 9.90 Å². The third-order valence-corrected chi connectivity index (χ3v) is 6.61. The predicted octanol–water partition coefficient (Wildman–Crippen LogP) is 6.82. The number of benzene rings is 3. The third-order valence-electron chi connectivity index (χ3n) is 6.61. The minimum Gasteiger partial charge on any atom is -0.487 e. The van der Waals surface area contributed by atoms with Crippen molar-refractivity contribution in [2.24, 2.45) is 0 Å². The van der Waals surface area contributed by atoms with Gasteiger partial charge in [0.1, 0.15) is 35.5 Å². The van der Waals surface area contributed by atoms with E-state index in [0.29, 0.717) is 12.0 Å². The molecular weight excluding hydrogens is 440 g/mol. The molecule has 1 N–H and O–H groups in total. The first-order valence-electron chi connectivity index (χ1n) is 11.7. The second-order valence-corrected chi connectivity index (χ2v) is 8.69. The summed E-state index contributed by atoms with van der Waals surface area (Å²) in [5.41, 5.74) is 3.94. The molecule has 6 heteroatoms. The maximum atomic E-state index is 11.3. The highest BCUT2D eigenvalue weighted by Gasteiger charge is 2.42. The van der Waals surface area contributed by atoms with Gasteiger partial charge in [0, 0.05) is 23.3 Å². The Morgan fingerprint density at radius 1 is 1.03 bits per heavy atom. The molecule has 3 aromatic rings. The number of nitriles is 1. The van der Waals surface area contributed by atoms with Crippen molar-refractivity contribution in [1.82, 2.24) is 0 Å². The van der Waals surface area contributed by atoms with Gasteiger partial charge in [-0.25, -0.2) is 4.79 Å². The molecule has 0 saturated heterocycles. The topological polar surface area (TPSA) is 82.8 Å². The number of rotatable bonds is 7. The number of carbonyl (C=O) groups is 1. The van der Waals surface area contributed by atoms with Crippen LogP contribution in [0.5, 0.6) is 17.2 Å². The summed E-state index contributed by atoms with van der Waals surface area (Å²) in [6.07, 6.45) is 4.80. The van der Waals surface area contributed by atoms with Gasteiger partial charge >= 0.3 is 5.97 Å². The van der Waals surface area contributed by atoms with E-state index in [2.05, 4.69) is 17.0 Å². The Morgan fingerprint density at radius 2 is 1.71 bits per heavy atom. The van der Waals surface area contributed by atoms with Crippen molar-refractivity contribution < 1.29 is 19.4 Å². The highest BCUT2D eigenvalue weighted by molar-refractivity contribution is 5.96. The number of carboxylic acids is 1. The Hall–Kier alpha value is -4.24. The van der Waals surface area contributed by atoms with Crippen LogP contribution in [0.15, 0.2) is 72.3 Å². The number of aliphatic carboxylic acids is 1. The van der Waals surface area contributed by atoms with Crippen LogP contribution in [0.1, 0.15) is 43.2 Å². The molecule has 5 rings (SSSR count). The summed E-state index contributed by atoms with van der Waals surface area (Å²) in [5, 5.41) is 18.3. The predicted molar refractivity (Wildman–Crippen MR) is 134 cm³/mol. The van der Waals surface area contributed by atoms with Crippen LogP contribution >= 0.6 is 0 Å². The minimum absolute atomic E-state index is 0.260. The van der Waals surface area contributed by atoms with Crippen molar-refractivity contribution in [2.75, 3.05) is 4.90 Å². The van der Waals surface area contributed by atoms with E-state index in [1.807, 2.05) is 61.5 Å². The average molecular weight is 466 g/mol. The van der Waals surface area contributed by atoms with Crippen LogP contribution in [-0.4, -0.2) is 17.1 Å². The van der Waals surface area contributed by atoms with Gasteiger partial charge in [0.2, 0.25) is 0 Å². The number of hydrogen-bond donors (Lipinski definition) is 1. The number of hydrogen-bond acceptors (Lipinski definition) is 5. The lowest BCUT2D eigenvalue weighted by molar-refractivity contribution is -0.132. The first-order valence-corrected chi connectivity index (χ1v) is 11.7. The summed E-state index contributed by atoms with van der Waals surface area (Å²) in [6.45, 7) is 3.47. The second kappa shape index (κ2) is 9.55. The molecule has 3 aromatic carbocycles. The maximum absolute atomic E-state index is 11.3. The lowest BCUT2D eigenvalue weighted by atomic mass is 9.95. The van der Waals surface area contributed by atoms with Gasteiger partial charge in [0.05, 0.1) is 0 Å². The Labute approximate surface area is 204 Å². The lowest BCUT2D eigenvalue weighted by Crippen LogP contribution is -2.26. The molecule has 0 spiro atoms. The molecule has 1 aliphatic heterocycles. The van der Waals surface area contributed by atoms with E-state index in [-0.39, 0.29) is 5.57 Å². The van der Waals surface area contributed by atoms with Crippen molar-refractivity contribution in [3.05, 3.63) is 90.0 Å². The molecule has 2 unspecified atom stereocenters. The fourth-order valence-electron chi connectivity index (χ4n) is 5.14. The van der Waals surface area contributed by atoms with Crippen LogP contribution in [0.4, 0.5) is 11.4 Å². The monoisotopic (exact) mass is 465 g/mol. The Balaban J connectivity index is 1.39. The molecule has 2 aliphatic rings. The van der Waals surface area contributed by atoms with Gasteiger partial charge in [-0.2, -0.15) is 5.26 Å². The Kier molecular flexibility index (Phi) is 6.15. The average Bonchev–Trinajstić information content (AvgIpc) is 3.45. The van der Waals surface area contributed by atoms with E-state index in [1.54, 1.807) is 12.7 Å². The number of fused-ring (bicyclic) bond motifs is 3. The van der Waals surface area contributed by atoms with Crippen LogP contribution in [0, 0.1) is 17.9 Å². The van der Waals surface area contributed by atoms with E-state index < -0.39 is 5.97 Å². The quantitative estimate of drug-likeness (QED) is 0.305. The smallest absolute Gasteiger partial charge is 0.346 e. The van der Waals surface area contributed by atoms with Gasteiger partial charge in [-0.05, 0) is 97.6 Å². The zero-order valence-electron chi connectivity index (χ0n) is 19.3. The van der Waals surface area contributed by atoms with Crippen LogP contribution in [0.25, 0.3) is 6.08 Å². The summed E-state index contributed by atoms with van der Waals surface area (Å²) in [7, 11) is 0. The molecular formula is C29H25N2O4. The largest absolute Gasteiger partial charge is 0.487 e. The molecule has 6 nitrogen and oxygen atoms in total. The van der Waals surface area contributed by atoms with Gasteiger partial charge in [-0.3, -0.25) is 0 Å². The summed E-state index contributed by atoms with van der Waals surface area (Å²) in [4.78, 5) is 13.6.